The van der Waals surface area contributed by atoms with Gasteiger partial charge in [0.25, 0.3) is 0 Å². The summed E-state index contributed by atoms with van der Waals surface area (Å²) < 4.78 is 0.474. The van der Waals surface area contributed by atoms with Crippen LogP contribution in [0.2, 0.25) is 0 Å². The van der Waals surface area contributed by atoms with Crippen LogP contribution in [0.3, 0.4) is 0 Å². The number of thioether (sulfide) groups is 1. The van der Waals surface area contributed by atoms with Crippen molar-refractivity contribution >= 4 is 11.8 Å². The molecule has 0 radical (unpaired) electrons. The van der Waals surface area contributed by atoms with Crippen LogP contribution < -0.4 is 5.32 Å². The van der Waals surface area contributed by atoms with Gasteiger partial charge in [-0.1, -0.05) is 20.8 Å². The Bertz CT molecular complexity index is 245. The molecule has 1 aliphatic heterocycles. The Morgan fingerprint density at radius 3 is 2.56 bits per heavy atom. The molecule has 0 spiro atoms. The molecule has 1 fully saturated rings. The smallest absolute Gasteiger partial charge is 0.0116 e. The van der Waals surface area contributed by atoms with Crippen molar-refractivity contribution in [2.24, 2.45) is 5.92 Å². The van der Waals surface area contributed by atoms with Crippen molar-refractivity contribution in [2.45, 2.75) is 58.2 Å². The Kier molecular flexibility index (Phi) is 6.01. The maximum absolute atomic E-state index is 3.61. The van der Waals surface area contributed by atoms with E-state index < -0.39 is 0 Å². The normalized spacial score (nSPS) is 23.7. The quantitative estimate of drug-likeness (QED) is 0.846. The zero-order chi connectivity index (χ0) is 13.8. The second-order valence-electron chi connectivity index (χ2n) is 7.39. The molecule has 1 aliphatic rings. The highest BCUT2D eigenvalue weighted by molar-refractivity contribution is 8.00. The predicted octanol–water partition coefficient (Wildman–Crippen LogP) is 3.23. The van der Waals surface area contributed by atoms with Crippen molar-refractivity contribution in [3.8, 4) is 0 Å². The molecule has 3 heteroatoms. The van der Waals surface area contributed by atoms with Crippen LogP contribution in [0.25, 0.3) is 0 Å². The fraction of sp³-hybridized carbons (Fsp3) is 1.00. The summed E-state index contributed by atoms with van der Waals surface area (Å²) in [7, 11) is 0. The molecule has 1 heterocycles. The summed E-state index contributed by atoms with van der Waals surface area (Å²) in [6, 6.07) is 0. The molecule has 0 saturated carbocycles. The molecule has 108 valence electrons. The highest BCUT2D eigenvalue weighted by Crippen LogP contribution is 2.30. The Morgan fingerprint density at radius 1 is 1.28 bits per heavy atom. The molecule has 0 bridgehead atoms. The molecule has 1 rings (SSSR count). The van der Waals surface area contributed by atoms with E-state index in [1.807, 2.05) is 0 Å². The molecule has 1 atom stereocenters. The van der Waals surface area contributed by atoms with Gasteiger partial charge in [-0.05, 0) is 46.2 Å². The third kappa shape index (κ3) is 7.01. The number of rotatable bonds is 4. The topological polar surface area (TPSA) is 15.3 Å². The first-order chi connectivity index (χ1) is 8.18. The van der Waals surface area contributed by atoms with Crippen molar-refractivity contribution in [2.75, 3.05) is 31.9 Å². The number of hydrogen-bond donors (Lipinski definition) is 1. The Hall–Kier alpha value is 0.270. The Morgan fingerprint density at radius 2 is 1.94 bits per heavy atom. The fourth-order valence-electron chi connectivity index (χ4n) is 2.23. The van der Waals surface area contributed by atoms with Crippen molar-refractivity contribution in [1.82, 2.24) is 10.2 Å². The summed E-state index contributed by atoms with van der Waals surface area (Å²) in [5.41, 5.74) is 0.241. The molecular weight excluding hydrogens is 240 g/mol. The van der Waals surface area contributed by atoms with Crippen LogP contribution in [-0.4, -0.2) is 47.1 Å². The van der Waals surface area contributed by atoms with E-state index >= 15 is 0 Å². The lowest BCUT2D eigenvalue weighted by Gasteiger charge is -2.28. The van der Waals surface area contributed by atoms with Crippen molar-refractivity contribution in [3.63, 3.8) is 0 Å². The minimum atomic E-state index is 0.241. The summed E-state index contributed by atoms with van der Waals surface area (Å²) >= 11 is 2.13. The van der Waals surface area contributed by atoms with Gasteiger partial charge in [-0.25, -0.2) is 0 Å². The monoisotopic (exact) mass is 272 g/mol. The second-order valence-corrected chi connectivity index (χ2v) is 9.20. The first kappa shape index (κ1) is 16.3. The van der Waals surface area contributed by atoms with Crippen LogP contribution >= 0.6 is 11.8 Å². The highest BCUT2D eigenvalue weighted by Gasteiger charge is 2.24. The molecule has 1 unspecified atom stereocenters. The average Bonchev–Trinajstić information content (AvgIpc) is 2.37. The van der Waals surface area contributed by atoms with Gasteiger partial charge in [0.05, 0.1) is 0 Å². The van der Waals surface area contributed by atoms with Gasteiger partial charge < -0.3 is 10.2 Å². The van der Waals surface area contributed by atoms with Crippen LogP contribution in [0.15, 0.2) is 0 Å². The molecule has 0 aromatic carbocycles. The zero-order valence-corrected chi connectivity index (χ0v) is 14.0. The van der Waals surface area contributed by atoms with Gasteiger partial charge >= 0.3 is 0 Å². The van der Waals surface area contributed by atoms with Gasteiger partial charge in [0, 0.05) is 29.1 Å². The minimum absolute atomic E-state index is 0.241. The van der Waals surface area contributed by atoms with Gasteiger partial charge in [-0.2, -0.15) is 11.8 Å². The highest BCUT2D eigenvalue weighted by atomic mass is 32.2. The number of nitrogens with zero attached hydrogens (tertiary/aromatic N) is 1. The number of hydrogen-bond acceptors (Lipinski definition) is 3. The summed E-state index contributed by atoms with van der Waals surface area (Å²) in [6.07, 6.45) is 1.32. The van der Waals surface area contributed by atoms with E-state index in [1.165, 1.54) is 31.8 Å². The third-order valence-electron chi connectivity index (χ3n) is 3.48. The number of nitrogens with one attached hydrogen (secondary N) is 1. The molecule has 0 aromatic rings. The molecule has 1 N–H and O–H groups in total. The van der Waals surface area contributed by atoms with Crippen molar-refractivity contribution < 1.29 is 0 Å². The molecule has 1 saturated heterocycles. The molecule has 0 aliphatic carbocycles. The average molecular weight is 273 g/mol. The zero-order valence-electron chi connectivity index (χ0n) is 13.2. The van der Waals surface area contributed by atoms with E-state index in [1.54, 1.807) is 0 Å². The van der Waals surface area contributed by atoms with E-state index in [0.717, 1.165) is 12.5 Å². The van der Waals surface area contributed by atoms with Gasteiger partial charge in [0.1, 0.15) is 0 Å². The van der Waals surface area contributed by atoms with Crippen LogP contribution in [0.5, 0.6) is 0 Å². The maximum atomic E-state index is 3.61. The van der Waals surface area contributed by atoms with Crippen molar-refractivity contribution in [1.29, 1.82) is 0 Å². The largest absolute Gasteiger partial charge is 0.312 e. The van der Waals surface area contributed by atoms with Gasteiger partial charge in [-0.15, -0.1) is 0 Å². The predicted molar refractivity (Wildman–Crippen MR) is 84.5 cm³/mol. The lowest BCUT2D eigenvalue weighted by molar-refractivity contribution is 0.235. The van der Waals surface area contributed by atoms with E-state index in [-0.39, 0.29) is 5.54 Å². The first-order valence-electron chi connectivity index (χ1n) is 7.29. The summed E-state index contributed by atoms with van der Waals surface area (Å²) in [5.74, 6) is 2.02. The van der Waals surface area contributed by atoms with Crippen LogP contribution in [-0.2, 0) is 0 Å². The minimum Gasteiger partial charge on any atom is -0.312 e. The summed E-state index contributed by atoms with van der Waals surface area (Å²) in [5, 5.41) is 3.61. The van der Waals surface area contributed by atoms with E-state index in [0.29, 0.717) is 4.75 Å². The maximum Gasteiger partial charge on any atom is 0.0116 e. The standard InChI is InChI=1S/C15H32N2S/c1-13(11-16-14(2,3)4)12-17-8-7-15(5,6)18-10-9-17/h13,16H,7-12H2,1-6H3. The Labute approximate surface area is 118 Å². The lowest BCUT2D eigenvalue weighted by Crippen LogP contribution is -2.42. The van der Waals surface area contributed by atoms with Crippen LogP contribution in [0.1, 0.15) is 48.0 Å². The van der Waals surface area contributed by atoms with Gasteiger partial charge in [-0.3, -0.25) is 0 Å². The van der Waals surface area contributed by atoms with Gasteiger partial charge in [0.15, 0.2) is 0 Å². The van der Waals surface area contributed by atoms with Crippen LogP contribution in [0, 0.1) is 5.92 Å². The van der Waals surface area contributed by atoms with E-state index in [9.17, 15) is 0 Å². The molecular formula is C15H32N2S. The van der Waals surface area contributed by atoms with E-state index in [4.69, 9.17) is 0 Å². The first-order valence-corrected chi connectivity index (χ1v) is 8.28. The van der Waals surface area contributed by atoms with Crippen molar-refractivity contribution in [3.05, 3.63) is 0 Å². The second kappa shape index (κ2) is 6.62. The molecule has 0 amide bonds. The molecule has 2 nitrogen and oxygen atoms in total. The summed E-state index contributed by atoms with van der Waals surface area (Å²) in [4.78, 5) is 2.65. The van der Waals surface area contributed by atoms with Gasteiger partial charge in [0.2, 0.25) is 0 Å². The summed E-state index contributed by atoms with van der Waals surface area (Å²) in [6.45, 7) is 18.7. The Balaban J connectivity index is 2.29. The van der Waals surface area contributed by atoms with Crippen LogP contribution in [0.4, 0.5) is 0 Å². The van der Waals surface area contributed by atoms with E-state index in [2.05, 4.69) is 63.5 Å². The fourth-order valence-corrected chi connectivity index (χ4v) is 3.37. The SMILES string of the molecule is CC(CNC(C)(C)C)CN1CCSC(C)(C)CC1. The third-order valence-corrected chi connectivity index (χ3v) is 4.85. The molecule has 0 aromatic heterocycles. The lowest BCUT2D eigenvalue weighted by atomic mass is 10.1. The molecule has 18 heavy (non-hydrogen) atoms.